The van der Waals surface area contributed by atoms with Crippen LogP contribution in [0.3, 0.4) is 0 Å². The highest BCUT2D eigenvalue weighted by Crippen LogP contribution is 2.28. The number of carbonyl (C=O) groups is 2. The molecule has 1 N–H and O–H groups in total. The van der Waals surface area contributed by atoms with Gasteiger partial charge in [0.15, 0.2) is 0 Å². The van der Waals surface area contributed by atoms with Crippen LogP contribution in [0.1, 0.15) is 37.0 Å². The summed E-state index contributed by atoms with van der Waals surface area (Å²) in [5, 5.41) is 3.45. The first-order valence-corrected chi connectivity index (χ1v) is 16.6. The molecule has 0 aliphatic carbocycles. The van der Waals surface area contributed by atoms with Crippen molar-refractivity contribution in [3.05, 3.63) is 131 Å². The summed E-state index contributed by atoms with van der Waals surface area (Å²) in [6.45, 7) is 3.90. The predicted molar refractivity (Wildman–Crippen MR) is 176 cm³/mol. The van der Waals surface area contributed by atoms with E-state index in [-0.39, 0.29) is 23.8 Å². The molecule has 4 aromatic rings. The molecule has 9 heteroatoms. The number of amides is 2. The fourth-order valence-corrected chi connectivity index (χ4v) is 6.72. The van der Waals surface area contributed by atoms with Crippen LogP contribution in [0, 0.1) is 0 Å². The summed E-state index contributed by atoms with van der Waals surface area (Å²) in [5.74, 6) is -0.819. The summed E-state index contributed by atoms with van der Waals surface area (Å²) in [6.07, 6.45) is 1.54. The molecule has 0 aromatic heterocycles. The van der Waals surface area contributed by atoms with E-state index in [1.165, 1.54) is 17.0 Å². The minimum atomic E-state index is -4.15. The van der Waals surface area contributed by atoms with Gasteiger partial charge in [0.25, 0.3) is 10.0 Å². The fraction of sp³-hybridized carbons (Fsp3) is 0.257. The average Bonchev–Trinajstić information content (AvgIpc) is 3.04. The van der Waals surface area contributed by atoms with E-state index in [4.69, 9.17) is 11.6 Å². The number of rotatable bonds is 14. The maximum atomic E-state index is 14.5. The number of nitrogens with zero attached hydrogens (tertiary/aromatic N) is 2. The summed E-state index contributed by atoms with van der Waals surface area (Å²) in [4.78, 5) is 29.8. The van der Waals surface area contributed by atoms with E-state index in [0.29, 0.717) is 23.7 Å². The Bertz CT molecular complexity index is 1650. The van der Waals surface area contributed by atoms with Crippen molar-refractivity contribution in [2.45, 2.75) is 50.6 Å². The number of hydrogen-bond donors (Lipinski definition) is 1. The first kappa shape index (κ1) is 32.8. The van der Waals surface area contributed by atoms with Gasteiger partial charge in [-0.2, -0.15) is 0 Å². The third kappa shape index (κ3) is 8.27. The Morgan fingerprint density at radius 3 is 2.11 bits per heavy atom. The molecule has 0 saturated carbocycles. The van der Waals surface area contributed by atoms with Gasteiger partial charge in [0.1, 0.15) is 12.6 Å². The molecule has 0 heterocycles. The van der Waals surface area contributed by atoms with Crippen LogP contribution in [0.25, 0.3) is 0 Å². The largest absolute Gasteiger partial charge is 0.354 e. The number of halogens is 1. The average molecular weight is 632 g/mol. The highest BCUT2D eigenvalue weighted by molar-refractivity contribution is 7.92. The molecule has 4 rings (SSSR count). The van der Waals surface area contributed by atoms with Crippen LogP contribution in [0.5, 0.6) is 0 Å². The molecule has 0 aliphatic heterocycles. The Labute approximate surface area is 265 Å². The first-order valence-electron chi connectivity index (χ1n) is 14.8. The quantitative estimate of drug-likeness (QED) is 0.178. The standard InChI is InChI=1S/C35H38ClN3O4S/c1-3-22-37-35(41)33(24-27-14-7-5-8-15-27)38(25-28-16-13-18-30(36)23-28)34(40)26-39(32-21-12-11-17-29(32)4-2)44(42,43)31-19-9-6-10-20-31/h5-21,23,33H,3-4,22,24-26H2,1-2H3,(H,37,41)/t33-/m0/s1. The number of sulfonamides is 1. The Balaban J connectivity index is 1.82. The van der Waals surface area contributed by atoms with Gasteiger partial charge in [-0.3, -0.25) is 13.9 Å². The van der Waals surface area contributed by atoms with Gasteiger partial charge in [0, 0.05) is 24.5 Å². The maximum absolute atomic E-state index is 14.5. The molecule has 4 aromatic carbocycles. The van der Waals surface area contributed by atoms with Gasteiger partial charge in [-0.25, -0.2) is 8.42 Å². The van der Waals surface area contributed by atoms with Gasteiger partial charge in [-0.15, -0.1) is 0 Å². The maximum Gasteiger partial charge on any atom is 0.264 e. The minimum Gasteiger partial charge on any atom is -0.354 e. The van der Waals surface area contributed by atoms with Crippen molar-refractivity contribution in [1.29, 1.82) is 0 Å². The van der Waals surface area contributed by atoms with Crippen molar-refractivity contribution in [2.24, 2.45) is 0 Å². The molecule has 0 spiro atoms. The second kappa shape index (κ2) is 15.5. The van der Waals surface area contributed by atoms with Crippen molar-refractivity contribution in [1.82, 2.24) is 10.2 Å². The number of carbonyl (C=O) groups excluding carboxylic acids is 2. The zero-order chi connectivity index (χ0) is 31.5. The SMILES string of the molecule is CCCNC(=O)[C@H](Cc1ccccc1)N(Cc1cccc(Cl)c1)C(=O)CN(c1ccccc1CC)S(=O)(=O)c1ccccc1. The highest BCUT2D eigenvalue weighted by Gasteiger charge is 2.35. The van der Waals surface area contributed by atoms with E-state index in [1.54, 1.807) is 48.5 Å². The molecule has 0 saturated heterocycles. The molecule has 7 nitrogen and oxygen atoms in total. The zero-order valence-electron chi connectivity index (χ0n) is 25.0. The zero-order valence-corrected chi connectivity index (χ0v) is 26.6. The lowest BCUT2D eigenvalue weighted by Gasteiger charge is -2.34. The van der Waals surface area contributed by atoms with Gasteiger partial charge in [0.05, 0.1) is 10.6 Å². The summed E-state index contributed by atoms with van der Waals surface area (Å²) < 4.78 is 29.5. The predicted octanol–water partition coefficient (Wildman–Crippen LogP) is 6.26. The topological polar surface area (TPSA) is 86.8 Å². The van der Waals surface area contributed by atoms with Crippen LogP contribution in [-0.4, -0.2) is 44.3 Å². The molecule has 1 atom stereocenters. The van der Waals surface area contributed by atoms with Crippen LogP contribution in [-0.2, 0) is 39.0 Å². The number of nitrogens with one attached hydrogen (secondary N) is 1. The van der Waals surface area contributed by atoms with Crippen LogP contribution >= 0.6 is 11.6 Å². The van der Waals surface area contributed by atoms with Crippen LogP contribution < -0.4 is 9.62 Å². The number of aryl methyl sites for hydroxylation is 1. The van der Waals surface area contributed by atoms with Gasteiger partial charge >= 0.3 is 0 Å². The lowest BCUT2D eigenvalue weighted by Crippen LogP contribution is -2.53. The Morgan fingerprint density at radius 1 is 0.818 bits per heavy atom. The molecular formula is C35H38ClN3O4S. The Morgan fingerprint density at radius 2 is 1.45 bits per heavy atom. The number of benzene rings is 4. The van der Waals surface area contributed by atoms with Gasteiger partial charge in [0.2, 0.25) is 11.8 Å². The van der Waals surface area contributed by atoms with Gasteiger partial charge in [-0.05, 0) is 59.9 Å². The van der Waals surface area contributed by atoms with Crippen molar-refractivity contribution < 1.29 is 18.0 Å². The van der Waals surface area contributed by atoms with Crippen molar-refractivity contribution in [3.63, 3.8) is 0 Å². The van der Waals surface area contributed by atoms with E-state index < -0.39 is 28.5 Å². The highest BCUT2D eigenvalue weighted by atomic mass is 35.5. The molecule has 2 amide bonds. The molecule has 44 heavy (non-hydrogen) atoms. The lowest BCUT2D eigenvalue weighted by molar-refractivity contribution is -0.140. The molecule has 0 fully saturated rings. The molecule has 0 aliphatic rings. The van der Waals surface area contributed by atoms with Gasteiger partial charge < -0.3 is 10.2 Å². The van der Waals surface area contributed by atoms with Crippen LogP contribution in [0.2, 0.25) is 5.02 Å². The number of hydrogen-bond acceptors (Lipinski definition) is 4. The first-order chi connectivity index (χ1) is 21.2. The van der Waals surface area contributed by atoms with Crippen molar-refractivity contribution >= 4 is 39.1 Å². The van der Waals surface area contributed by atoms with E-state index in [0.717, 1.165) is 27.4 Å². The monoisotopic (exact) mass is 631 g/mol. The second-order valence-corrected chi connectivity index (χ2v) is 12.8. The summed E-state index contributed by atoms with van der Waals surface area (Å²) >= 11 is 6.30. The third-order valence-electron chi connectivity index (χ3n) is 7.31. The van der Waals surface area contributed by atoms with Gasteiger partial charge in [-0.1, -0.05) is 104 Å². The summed E-state index contributed by atoms with van der Waals surface area (Å²) in [7, 11) is -4.15. The molecule has 230 valence electrons. The minimum absolute atomic E-state index is 0.0606. The van der Waals surface area contributed by atoms with E-state index in [1.807, 2.05) is 62.4 Å². The molecule has 0 radical (unpaired) electrons. The fourth-order valence-electron chi connectivity index (χ4n) is 5.04. The smallest absolute Gasteiger partial charge is 0.264 e. The summed E-state index contributed by atoms with van der Waals surface area (Å²) in [5.41, 5.74) is 2.80. The van der Waals surface area contributed by atoms with Crippen LogP contribution in [0.4, 0.5) is 5.69 Å². The Kier molecular flexibility index (Phi) is 11.6. The van der Waals surface area contributed by atoms with E-state index in [2.05, 4.69) is 5.32 Å². The van der Waals surface area contributed by atoms with Crippen molar-refractivity contribution in [2.75, 3.05) is 17.4 Å². The third-order valence-corrected chi connectivity index (χ3v) is 9.32. The normalized spacial score (nSPS) is 11.9. The van der Waals surface area contributed by atoms with E-state index >= 15 is 0 Å². The molecule has 0 bridgehead atoms. The second-order valence-electron chi connectivity index (χ2n) is 10.5. The molecular weight excluding hydrogens is 594 g/mol. The van der Waals surface area contributed by atoms with E-state index in [9.17, 15) is 18.0 Å². The summed E-state index contributed by atoms with van der Waals surface area (Å²) in [6, 6.07) is 30.9. The lowest BCUT2D eigenvalue weighted by atomic mass is 10.0. The Hall–Kier alpha value is -4.14. The number of anilines is 1. The van der Waals surface area contributed by atoms with Crippen molar-refractivity contribution in [3.8, 4) is 0 Å². The molecule has 0 unspecified atom stereocenters. The number of para-hydroxylation sites is 1. The van der Waals surface area contributed by atoms with Crippen LogP contribution in [0.15, 0.2) is 114 Å².